The van der Waals surface area contributed by atoms with Gasteiger partial charge in [-0.2, -0.15) is 0 Å². The lowest BCUT2D eigenvalue weighted by atomic mass is 10.1. The van der Waals surface area contributed by atoms with Crippen LogP contribution < -0.4 is 10.6 Å². The molecule has 1 aromatic carbocycles. The number of halogens is 2. The van der Waals surface area contributed by atoms with Crippen molar-refractivity contribution in [2.75, 3.05) is 18.4 Å². The van der Waals surface area contributed by atoms with E-state index >= 15 is 0 Å². The molecule has 0 unspecified atom stereocenters. The molecule has 4 heteroatoms. The largest absolute Gasteiger partial charge is 0.383 e. The smallest absolute Gasteiger partial charge is 0.0500 e. The Morgan fingerprint density at radius 1 is 1.25 bits per heavy atom. The van der Waals surface area contributed by atoms with Gasteiger partial charge in [-0.1, -0.05) is 11.6 Å². The van der Waals surface area contributed by atoms with E-state index in [4.69, 9.17) is 11.6 Å². The van der Waals surface area contributed by atoms with E-state index in [0.717, 1.165) is 28.3 Å². The van der Waals surface area contributed by atoms with Gasteiger partial charge in [-0.3, -0.25) is 0 Å². The predicted octanol–water partition coefficient (Wildman–Crippen LogP) is 3.90. The van der Waals surface area contributed by atoms with Crippen LogP contribution in [0.15, 0.2) is 22.7 Å². The van der Waals surface area contributed by atoms with Gasteiger partial charge < -0.3 is 10.6 Å². The molecule has 0 saturated heterocycles. The first-order valence-electron chi connectivity index (χ1n) is 5.32. The molecule has 0 aromatic heterocycles. The summed E-state index contributed by atoms with van der Waals surface area (Å²) in [5.41, 5.74) is 1.19. The average Bonchev–Trinajstić information content (AvgIpc) is 2.16. The SMILES string of the molecule is CC(C)(C)NCCNc1cc(Cl)ccc1Br. The van der Waals surface area contributed by atoms with Crippen LogP contribution in [0.2, 0.25) is 5.02 Å². The highest BCUT2D eigenvalue weighted by atomic mass is 79.9. The van der Waals surface area contributed by atoms with Crippen LogP contribution in [0.25, 0.3) is 0 Å². The molecule has 0 fully saturated rings. The van der Waals surface area contributed by atoms with Crippen molar-refractivity contribution in [2.24, 2.45) is 0 Å². The van der Waals surface area contributed by atoms with E-state index < -0.39 is 0 Å². The number of hydrogen-bond donors (Lipinski definition) is 2. The quantitative estimate of drug-likeness (QED) is 0.824. The molecule has 0 amide bonds. The van der Waals surface area contributed by atoms with Crippen LogP contribution in [-0.2, 0) is 0 Å². The van der Waals surface area contributed by atoms with Gasteiger partial charge in [0.15, 0.2) is 0 Å². The topological polar surface area (TPSA) is 24.1 Å². The molecule has 2 nitrogen and oxygen atoms in total. The maximum Gasteiger partial charge on any atom is 0.0500 e. The zero-order chi connectivity index (χ0) is 12.2. The Morgan fingerprint density at radius 3 is 2.56 bits per heavy atom. The Hall–Kier alpha value is -0.250. The fourth-order valence-electron chi connectivity index (χ4n) is 1.27. The number of hydrogen-bond acceptors (Lipinski definition) is 2. The average molecular weight is 306 g/mol. The highest BCUT2D eigenvalue weighted by Gasteiger charge is 2.07. The van der Waals surface area contributed by atoms with Crippen molar-refractivity contribution >= 4 is 33.2 Å². The lowest BCUT2D eigenvalue weighted by Gasteiger charge is -2.21. The van der Waals surface area contributed by atoms with E-state index in [2.05, 4.69) is 47.3 Å². The van der Waals surface area contributed by atoms with E-state index in [1.54, 1.807) is 0 Å². The van der Waals surface area contributed by atoms with Gasteiger partial charge in [0.25, 0.3) is 0 Å². The maximum atomic E-state index is 5.93. The van der Waals surface area contributed by atoms with Gasteiger partial charge in [0.1, 0.15) is 0 Å². The molecule has 0 saturated carbocycles. The minimum atomic E-state index is 0.160. The van der Waals surface area contributed by atoms with Gasteiger partial charge in [-0.05, 0) is 54.9 Å². The Bertz CT molecular complexity index is 347. The van der Waals surface area contributed by atoms with Gasteiger partial charge in [0.2, 0.25) is 0 Å². The highest BCUT2D eigenvalue weighted by Crippen LogP contribution is 2.25. The summed E-state index contributed by atoms with van der Waals surface area (Å²) >= 11 is 9.41. The number of nitrogens with one attached hydrogen (secondary N) is 2. The van der Waals surface area contributed by atoms with Crippen molar-refractivity contribution in [1.29, 1.82) is 0 Å². The molecule has 0 heterocycles. The van der Waals surface area contributed by atoms with Gasteiger partial charge in [0.05, 0.1) is 0 Å². The van der Waals surface area contributed by atoms with Crippen LogP contribution in [0.4, 0.5) is 5.69 Å². The lowest BCUT2D eigenvalue weighted by Crippen LogP contribution is -2.38. The first-order chi connectivity index (χ1) is 7.38. The first-order valence-corrected chi connectivity index (χ1v) is 6.49. The summed E-state index contributed by atoms with van der Waals surface area (Å²) < 4.78 is 1.03. The Balaban J connectivity index is 2.40. The van der Waals surface area contributed by atoms with E-state index in [-0.39, 0.29) is 5.54 Å². The summed E-state index contributed by atoms with van der Waals surface area (Å²) in [6, 6.07) is 5.73. The third kappa shape index (κ3) is 5.19. The molecule has 1 aromatic rings. The molecular weight excluding hydrogens is 288 g/mol. The second kappa shape index (κ2) is 5.89. The second-order valence-corrected chi connectivity index (χ2v) is 6.02. The predicted molar refractivity (Wildman–Crippen MR) is 75.4 cm³/mol. The molecule has 0 aliphatic heterocycles. The van der Waals surface area contributed by atoms with Crippen LogP contribution >= 0.6 is 27.5 Å². The van der Waals surface area contributed by atoms with Crippen LogP contribution in [0.1, 0.15) is 20.8 Å². The van der Waals surface area contributed by atoms with Crippen molar-refractivity contribution < 1.29 is 0 Å². The Labute approximate surface area is 111 Å². The minimum absolute atomic E-state index is 0.160. The van der Waals surface area contributed by atoms with Gasteiger partial charge in [0, 0.05) is 33.8 Å². The van der Waals surface area contributed by atoms with Gasteiger partial charge in [-0.25, -0.2) is 0 Å². The maximum absolute atomic E-state index is 5.93. The zero-order valence-electron chi connectivity index (χ0n) is 9.90. The van der Waals surface area contributed by atoms with E-state index in [9.17, 15) is 0 Å². The molecule has 0 bridgehead atoms. The van der Waals surface area contributed by atoms with Crippen LogP contribution in [0, 0.1) is 0 Å². The third-order valence-corrected chi connectivity index (χ3v) is 2.95. The molecule has 16 heavy (non-hydrogen) atoms. The molecular formula is C12H18BrClN2. The van der Waals surface area contributed by atoms with Crippen LogP contribution in [0.5, 0.6) is 0 Å². The molecule has 0 radical (unpaired) electrons. The summed E-state index contributed by atoms with van der Waals surface area (Å²) in [6.07, 6.45) is 0. The summed E-state index contributed by atoms with van der Waals surface area (Å²) in [5.74, 6) is 0. The molecule has 0 spiro atoms. The summed E-state index contributed by atoms with van der Waals surface area (Å²) in [5, 5.41) is 7.49. The van der Waals surface area contributed by atoms with E-state index in [1.807, 2.05) is 18.2 Å². The molecule has 2 N–H and O–H groups in total. The molecule has 0 aliphatic carbocycles. The van der Waals surface area contributed by atoms with Crippen molar-refractivity contribution in [3.05, 3.63) is 27.7 Å². The Morgan fingerprint density at radius 2 is 1.94 bits per heavy atom. The van der Waals surface area contributed by atoms with Crippen molar-refractivity contribution in [1.82, 2.24) is 5.32 Å². The number of anilines is 1. The van der Waals surface area contributed by atoms with E-state index in [0.29, 0.717) is 0 Å². The minimum Gasteiger partial charge on any atom is -0.383 e. The Kier molecular flexibility index (Phi) is 5.09. The van der Waals surface area contributed by atoms with Crippen LogP contribution in [0.3, 0.4) is 0 Å². The normalized spacial score (nSPS) is 11.6. The van der Waals surface area contributed by atoms with Gasteiger partial charge in [-0.15, -0.1) is 0 Å². The van der Waals surface area contributed by atoms with Crippen molar-refractivity contribution in [3.8, 4) is 0 Å². The second-order valence-electron chi connectivity index (χ2n) is 4.73. The van der Waals surface area contributed by atoms with Crippen LogP contribution in [-0.4, -0.2) is 18.6 Å². The summed E-state index contributed by atoms with van der Waals surface area (Å²) in [6.45, 7) is 8.26. The first kappa shape index (κ1) is 13.8. The van der Waals surface area contributed by atoms with E-state index in [1.165, 1.54) is 0 Å². The molecule has 0 atom stereocenters. The monoisotopic (exact) mass is 304 g/mol. The third-order valence-electron chi connectivity index (χ3n) is 2.02. The van der Waals surface area contributed by atoms with Crippen molar-refractivity contribution in [2.45, 2.75) is 26.3 Å². The summed E-state index contributed by atoms with van der Waals surface area (Å²) in [7, 11) is 0. The zero-order valence-corrected chi connectivity index (χ0v) is 12.2. The number of rotatable bonds is 4. The lowest BCUT2D eigenvalue weighted by molar-refractivity contribution is 0.435. The fourth-order valence-corrected chi connectivity index (χ4v) is 1.83. The molecule has 90 valence electrons. The fraction of sp³-hybridized carbons (Fsp3) is 0.500. The highest BCUT2D eigenvalue weighted by molar-refractivity contribution is 9.10. The summed E-state index contributed by atoms with van der Waals surface area (Å²) in [4.78, 5) is 0. The molecule has 1 rings (SSSR count). The van der Waals surface area contributed by atoms with Gasteiger partial charge >= 0.3 is 0 Å². The van der Waals surface area contributed by atoms with Crippen molar-refractivity contribution in [3.63, 3.8) is 0 Å². The number of benzene rings is 1. The standard InChI is InChI=1S/C12H18BrClN2/c1-12(2,3)16-7-6-15-11-8-9(14)4-5-10(11)13/h4-5,8,15-16H,6-7H2,1-3H3. The molecule has 0 aliphatic rings.